The minimum atomic E-state index is -4.01. The molecule has 0 aromatic heterocycles. The van der Waals surface area contributed by atoms with E-state index in [1.54, 1.807) is 0 Å². The maximum atomic E-state index is 13.0. The van der Waals surface area contributed by atoms with Crippen molar-refractivity contribution < 1.29 is 13.2 Å². The molecule has 2 unspecified atom stereocenters. The first-order valence-corrected chi connectivity index (χ1v) is 8.52. The number of halogens is 3. The number of rotatable bonds is 5. The summed E-state index contributed by atoms with van der Waals surface area (Å²) < 4.78 is 39.0. The molecule has 1 aliphatic heterocycles. The fourth-order valence-corrected chi connectivity index (χ4v) is 3.90. The Labute approximate surface area is 126 Å². The van der Waals surface area contributed by atoms with Crippen molar-refractivity contribution in [2.24, 2.45) is 11.8 Å². The van der Waals surface area contributed by atoms with Crippen LogP contribution < -0.4 is 5.32 Å². The summed E-state index contributed by atoms with van der Waals surface area (Å²) >= 11 is 0. The van der Waals surface area contributed by atoms with E-state index in [1.165, 1.54) is 0 Å². The molecular weight excluding hydrogens is 277 g/mol. The Morgan fingerprint density at radius 1 is 1.10 bits per heavy atom. The van der Waals surface area contributed by atoms with Gasteiger partial charge in [-0.15, -0.1) is 0 Å². The molecule has 1 saturated carbocycles. The zero-order valence-corrected chi connectivity index (χ0v) is 13.1. The quantitative estimate of drug-likeness (QED) is 0.830. The smallest absolute Gasteiger partial charge is 0.317 e. The van der Waals surface area contributed by atoms with E-state index in [0.717, 1.165) is 58.3 Å². The first kappa shape index (κ1) is 17.1. The van der Waals surface area contributed by atoms with Gasteiger partial charge in [-0.1, -0.05) is 13.3 Å². The molecule has 0 bridgehead atoms. The predicted molar refractivity (Wildman–Crippen MR) is 79.3 cm³/mol. The molecule has 1 aliphatic carbocycles. The summed E-state index contributed by atoms with van der Waals surface area (Å²) in [5, 5.41) is 3.36. The average molecular weight is 306 g/mol. The van der Waals surface area contributed by atoms with E-state index in [1.807, 2.05) is 0 Å². The van der Waals surface area contributed by atoms with Crippen molar-refractivity contribution in [1.82, 2.24) is 10.2 Å². The molecule has 0 aromatic rings. The Morgan fingerprint density at radius 2 is 1.81 bits per heavy atom. The Balaban J connectivity index is 1.92. The number of alkyl halides is 3. The SMILES string of the molecule is CCCN(CC1CCNCC1)C1CCCC(C(F)(F)F)C1. The Bertz CT molecular complexity index is 300. The maximum Gasteiger partial charge on any atom is 0.391 e. The number of nitrogens with zero attached hydrogens (tertiary/aromatic N) is 1. The molecule has 0 radical (unpaired) electrons. The van der Waals surface area contributed by atoms with Gasteiger partial charge in [0.2, 0.25) is 0 Å². The van der Waals surface area contributed by atoms with Crippen LogP contribution in [0.25, 0.3) is 0 Å². The van der Waals surface area contributed by atoms with Crippen LogP contribution in [0.1, 0.15) is 51.9 Å². The van der Waals surface area contributed by atoms with E-state index in [9.17, 15) is 13.2 Å². The van der Waals surface area contributed by atoms with Crippen LogP contribution in [0.15, 0.2) is 0 Å². The van der Waals surface area contributed by atoms with Crippen LogP contribution in [0.3, 0.4) is 0 Å². The zero-order chi connectivity index (χ0) is 15.3. The summed E-state index contributed by atoms with van der Waals surface area (Å²) in [5.41, 5.74) is 0. The molecule has 1 saturated heterocycles. The van der Waals surface area contributed by atoms with Crippen LogP contribution in [0.2, 0.25) is 0 Å². The first-order valence-electron chi connectivity index (χ1n) is 8.52. The second-order valence-electron chi connectivity index (χ2n) is 6.75. The number of hydrogen-bond donors (Lipinski definition) is 1. The monoisotopic (exact) mass is 306 g/mol. The van der Waals surface area contributed by atoms with Crippen LogP contribution in [0.5, 0.6) is 0 Å². The highest BCUT2D eigenvalue weighted by Gasteiger charge is 2.43. The highest BCUT2D eigenvalue weighted by Crippen LogP contribution is 2.39. The number of hydrogen-bond acceptors (Lipinski definition) is 2. The molecule has 2 atom stereocenters. The van der Waals surface area contributed by atoms with Gasteiger partial charge in [0.25, 0.3) is 0 Å². The Morgan fingerprint density at radius 3 is 2.43 bits per heavy atom. The lowest BCUT2D eigenvalue weighted by atomic mass is 9.83. The van der Waals surface area contributed by atoms with Gasteiger partial charge in [-0.2, -0.15) is 13.2 Å². The second kappa shape index (κ2) is 7.82. The largest absolute Gasteiger partial charge is 0.391 e. The summed E-state index contributed by atoms with van der Waals surface area (Å²) in [4.78, 5) is 2.37. The third-order valence-corrected chi connectivity index (χ3v) is 5.09. The zero-order valence-electron chi connectivity index (χ0n) is 13.1. The molecular formula is C16H29F3N2. The molecule has 2 rings (SSSR count). The van der Waals surface area contributed by atoms with Crippen molar-refractivity contribution in [3.63, 3.8) is 0 Å². The third kappa shape index (κ3) is 5.13. The summed E-state index contributed by atoms with van der Waals surface area (Å²) in [5.74, 6) is -0.423. The lowest BCUT2D eigenvalue weighted by Gasteiger charge is -2.40. The van der Waals surface area contributed by atoms with Gasteiger partial charge in [0.05, 0.1) is 5.92 Å². The molecule has 124 valence electrons. The van der Waals surface area contributed by atoms with Crippen LogP contribution in [0, 0.1) is 11.8 Å². The van der Waals surface area contributed by atoms with E-state index in [2.05, 4.69) is 17.1 Å². The lowest BCUT2D eigenvalue weighted by Crippen LogP contribution is -2.45. The van der Waals surface area contributed by atoms with E-state index >= 15 is 0 Å². The molecule has 2 nitrogen and oxygen atoms in total. The molecule has 0 aromatic carbocycles. The normalized spacial score (nSPS) is 29.0. The topological polar surface area (TPSA) is 15.3 Å². The van der Waals surface area contributed by atoms with Crippen LogP contribution in [-0.2, 0) is 0 Å². The summed E-state index contributed by atoms with van der Waals surface area (Å²) in [6.45, 7) is 6.17. The van der Waals surface area contributed by atoms with E-state index in [0.29, 0.717) is 18.8 Å². The van der Waals surface area contributed by atoms with Crippen molar-refractivity contribution in [1.29, 1.82) is 0 Å². The van der Waals surface area contributed by atoms with E-state index in [4.69, 9.17) is 0 Å². The predicted octanol–water partition coefficient (Wildman–Crippen LogP) is 3.82. The van der Waals surface area contributed by atoms with Gasteiger partial charge < -0.3 is 10.2 Å². The third-order valence-electron chi connectivity index (χ3n) is 5.09. The van der Waals surface area contributed by atoms with Gasteiger partial charge >= 0.3 is 6.18 Å². The molecule has 0 amide bonds. The molecule has 2 fully saturated rings. The van der Waals surface area contributed by atoms with Gasteiger partial charge in [-0.25, -0.2) is 0 Å². The highest BCUT2D eigenvalue weighted by molar-refractivity contribution is 4.85. The number of nitrogens with one attached hydrogen (secondary N) is 1. The summed E-state index contributed by atoms with van der Waals surface area (Å²) in [6.07, 6.45) is 1.65. The number of piperidine rings is 1. The van der Waals surface area contributed by atoms with Gasteiger partial charge in [-0.05, 0) is 64.1 Å². The van der Waals surface area contributed by atoms with Crippen molar-refractivity contribution in [3.8, 4) is 0 Å². The van der Waals surface area contributed by atoms with Crippen molar-refractivity contribution in [3.05, 3.63) is 0 Å². The van der Waals surface area contributed by atoms with Crippen LogP contribution >= 0.6 is 0 Å². The Hall–Kier alpha value is -0.290. The van der Waals surface area contributed by atoms with Gasteiger partial charge in [0.15, 0.2) is 0 Å². The minimum absolute atomic E-state index is 0.139. The van der Waals surface area contributed by atoms with E-state index in [-0.39, 0.29) is 6.04 Å². The van der Waals surface area contributed by atoms with Crippen molar-refractivity contribution >= 4 is 0 Å². The van der Waals surface area contributed by atoms with Gasteiger partial charge in [0, 0.05) is 12.6 Å². The second-order valence-corrected chi connectivity index (χ2v) is 6.75. The molecule has 0 spiro atoms. The van der Waals surface area contributed by atoms with Gasteiger partial charge in [-0.3, -0.25) is 0 Å². The standard InChI is InChI=1S/C16H29F3N2/c1-2-10-21(12-13-6-8-20-9-7-13)15-5-3-4-14(11-15)16(17,18)19/h13-15,20H,2-12H2,1H3. The first-order chi connectivity index (χ1) is 10.0. The average Bonchev–Trinajstić information content (AvgIpc) is 2.47. The molecule has 2 aliphatic rings. The van der Waals surface area contributed by atoms with Crippen LogP contribution in [0.4, 0.5) is 13.2 Å². The highest BCUT2D eigenvalue weighted by atomic mass is 19.4. The van der Waals surface area contributed by atoms with Gasteiger partial charge in [0.1, 0.15) is 0 Å². The molecule has 1 heterocycles. The van der Waals surface area contributed by atoms with Crippen molar-refractivity contribution in [2.75, 3.05) is 26.2 Å². The molecule has 21 heavy (non-hydrogen) atoms. The van der Waals surface area contributed by atoms with Crippen LogP contribution in [-0.4, -0.2) is 43.3 Å². The lowest BCUT2D eigenvalue weighted by molar-refractivity contribution is -0.187. The molecule has 5 heteroatoms. The Kier molecular flexibility index (Phi) is 6.35. The maximum absolute atomic E-state index is 13.0. The van der Waals surface area contributed by atoms with E-state index < -0.39 is 12.1 Å². The minimum Gasteiger partial charge on any atom is -0.317 e. The fraction of sp³-hybridized carbons (Fsp3) is 1.00. The summed E-state index contributed by atoms with van der Waals surface area (Å²) in [6, 6.07) is 0.139. The summed E-state index contributed by atoms with van der Waals surface area (Å²) in [7, 11) is 0. The fourth-order valence-electron chi connectivity index (χ4n) is 3.90. The molecule has 1 N–H and O–H groups in total. The van der Waals surface area contributed by atoms with Crippen molar-refractivity contribution in [2.45, 2.75) is 64.1 Å².